The first-order valence-electron chi connectivity index (χ1n) is 5.59. The number of rotatable bonds is 2. The van der Waals surface area contributed by atoms with Crippen LogP contribution in [0.5, 0.6) is 5.75 Å². The molecule has 0 saturated carbocycles. The van der Waals surface area contributed by atoms with Gasteiger partial charge in [-0.1, -0.05) is 30.3 Å². The Hall–Kier alpha value is -2.25. The van der Waals surface area contributed by atoms with Crippen molar-refractivity contribution in [3.63, 3.8) is 0 Å². The first-order valence-corrected chi connectivity index (χ1v) is 7.08. The summed E-state index contributed by atoms with van der Waals surface area (Å²) in [6.07, 6.45) is 0. The first kappa shape index (κ1) is 13.2. The van der Waals surface area contributed by atoms with Crippen LogP contribution in [0.1, 0.15) is 5.56 Å². The lowest BCUT2D eigenvalue weighted by molar-refractivity contribution is 0.413. The molecule has 0 saturated heterocycles. The van der Waals surface area contributed by atoms with E-state index in [2.05, 4.69) is 11.2 Å². The van der Waals surface area contributed by atoms with Crippen molar-refractivity contribution < 1.29 is 13.2 Å². The molecule has 2 aromatic carbocycles. The molecule has 0 radical (unpaired) electrons. The van der Waals surface area contributed by atoms with Gasteiger partial charge in [-0.15, -0.1) is 0 Å². The molecule has 0 spiro atoms. The van der Waals surface area contributed by atoms with Crippen LogP contribution < -0.4 is 4.74 Å². The largest absolute Gasteiger partial charge is 0.495 e. The molecule has 0 bridgehead atoms. The van der Waals surface area contributed by atoms with Crippen molar-refractivity contribution in [2.75, 3.05) is 7.11 Å². The van der Waals surface area contributed by atoms with Gasteiger partial charge < -0.3 is 4.74 Å². The van der Waals surface area contributed by atoms with Gasteiger partial charge in [-0.05, 0) is 30.2 Å². The van der Waals surface area contributed by atoms with Crippen molar-refractivity contribution in [3.05, 3.63) is 60.2 Å². The predicted molar refractivity (Wildman–Crippen MR) is 73.5 cm³/mol. The predicted octanol–water partition coefficient (Wildman–Crippen LogP) is 2.48. The third-order valence-corrected chi connectivity index (χ3v) is 3.74. The second kappa shape index (κ2) is 5.59. The highest BCUT2D eigenvalue weighted by Gasteiger charge is 2.09. The molecule has 4 heteroatoms. The fraction of sp³-hybridized carbons (Fsp3) is 0.0667. The monoisotopic (exact) mass is 272 g/mol. The topological polar surface area (TPSA) is 43.4 Å². The van der Waals surface area contributed by atoms with Crippen LogP contribution in [0, 0.1) is 11.2 Å². The molecule has 19 heavy (non-hydrogen) atoms. The van der Waals surface area contributed by atoms with Gasteiger partial charge in [-0.3, -0.25) is 0 Å². The number of hydrogen-bond acceptors (Lipinski definition) is 3. The van der Waals surface area contributed by atoms with Crippen LogP contribution >= 0.6 is 0 Å². The molecule has 96 valence electrons. The van der Waals surface area contributed by atoms with Gasteiger partial charge in [-0.2, -0.15) is 0 Å². The normalized spacial score (nSPS) is 10.4. The lowest BCUT2D eigenvalue weighted by Crippen LogP contribution is -1.96. The molecule has 0 N–H and O–H groups in total. The highest BCUT2D eigenvalue weighted by molar-refractivity contribution is 7.96. The number of para-hydroxylation sites is 1. The van der Waals surface area contributed by atoms with E-state index >= 15 is 0 Å². The second-order valence-electron chi connectivity index (χ2n) is 3.74. The third kappa shape index (κ3) is 3.15. The van der Waals surface area contributed by atoms with Gasteiger partial charge in [0, 0.05) is 5.25 Å². The number of sulfone groups is 1. The van der Waals surface area contributed by atoms with Crippen LogP contribution in [-0.4, -0.2) is 15.5 Å². The summed E-state index contributed by atoms with van der Waals surface area (Å²) in [5.41, 5.74) is 0.546. The summed E-state index contributed by atoms with van der Waals surface area (Å²) in [6.45, 7) is 0. The van der Waals surface area contributed by atoms with Crippen LogP contribution in [0.15, 0.2) is 59.5 Å². The molecule has 0 amide bonds. The second-order valence-corrected chi connectivity index (χ2v) is 5.43. The van der Waals surface area contributed by atoms with Crippen LogP contribution in [0.25, 0.3) is 0 Å². The maximum atomic E-state index is 12.0. The minimum absolute atomic E-state index is 0.192. The molecule has 0 atom stereocenters. The molecule has 0 aromatic heterocycles. The Balaban J connectivity index is 2.40. The Kier molecular flexibility index (Phi) is 3.88. The van der Waals surface area contributed by atoms with Crippen LogP contribution in [0.2, 0.25) is 0 Å². The summed E-state index contributed by atoms with van der Waals surface area (Å²) < 4.78 is 29.1. The maximum Gasteiger partial charge on any atom is 0.245 e. The Morgan fingerprint density at radius 1 is 0.947 bits per heavy atom. The molecule has 0 unspecified atom stereocenters. The van der Waals surface area contributed by atoms with Gasteiger partial charge in [0.1, 0.15) is 5.75 Å². The number of benzene rings is 2. The molecular weight excluding hydrogens is 260 g/mol. The van der Waals surface area contributed by atoms with Crippen molar-refractivity contribution in [2.24, 2.45) is 0 Å². The zero-order chi connectivity index (χ0) is 13.7. The lowest BCUT2D eigenvalue weighted by atomic mass is 10.2. The van der Waals surface area contributed by atoms with Crippen molar-refractivity contribution in [1.82, 2.24) is 0 Å². The zero-order valence-electron chi connectivity index (χ0n) is 10.3. The quantitative estimate of drug-likeness (QED) is 0.789. The number of methoxy groups -OCH3 is 1. The smallest absolute Gasteiger partial charge is 0.245 e. The van der Waals surface area contributed by atoms with E-state index in [9.17, 15) is 8.42 Å². The van der Waals surface area contributed by atoms with E-state index in [1.165, 1.54) is 19.2 Å². The van der Waals surface area contributed by atoms with Gasteiger partial charge in [0.25, 0.3) is 0 Å². The van der Waals surface area contributed by atoms with E-state index < -0.39 is 9.84 Å². The fourth-order valence-electron chi connectivity index (χ4n) is 1.53. The molecular formula is C15H12O3S. The summed E-state index contributed by atoms with van der Waals surface area (Å²) in [7, 11) is -2.08. The van der Waals surface area contributed by atoms with E-state index in [1.54, 1.807) is 42.5 Å². The van der Waals surface area contributed by atoms with Crippen LogP contribution in [0.4, 0.5) is 0 Å². The van der Waals surface area contributed by atoms with E-state index in [0.29, 0.717) is 11.3 Å². The summed E-state index contributed by atoms with van der Waals surface area (Å²) in [4.78, 5) is 0.192. The standard InChI is InChI=1S/C15H12O3S/c1-18-15-10-6-5-7-13(15)11-12-19(16,17)14-8-3-2-4-9-14/h2-10H,1H3. The van der Waals surface area contributed by atoms with E-state index in [-0.39, 0.29) is 4.90 Å². The van der Waals surface area contributed by atoms with Crippen LogP contribution in [0.3, 0.4) is 0 Å². The highest BCUT2D eigenvalue weighted by atomic mass is 32.2. The van der Waals surface area contributed by atoms with Gasteiger partial charge >= 0.3 is 0 Å². The van der Waals surface area contributed by atoms with E-state index in [1.807, 2.05) is 0 Å². The molecule has 2 aromatic rings. The SMILES string of the molecule is COc1ccccc1C#CS(=O)(=O)c1ccccc1. The molecule has 0 heterocycles. The molecule has 0 aliphatic carbocycles. The highest BCUT2D eigenvalue weighted by Crippen LogP contribution is 2.16. The summed E-state index contributed by atoms with van der Waals surface area (Å²) in [5, 5.41) is 2.31. The molecule has 3 nitrogen and oxygen atoms in total. The van der Waals surface area contributed by atoms with Gasteiger partial charge in [0.15, 0.2) is 0 Å². The Morgan fingerprint density at radius 2 is 1.58 bits per heavy atom. The summed E-state index contributed by atoms with van der Waals surface area (Å²) >= 11 is 0. The van der Waals surface area contributed by atoms with Crippen molar-refractivity contribution in [3.8, 4) is 16.9 Å². The van der Waals surface area contributed by atoms with E-state index in [4.69, 9.17) is 4.74 Å². The lowest BCUT2D eigenvalue weighted by Gasteiger charge is -2.01. The van der Waals surface area contributed by atoms with Crippen LogP contribution in [-0.2, 0) is 9.84 Å². The first-order chi connectivity index (χ1) is 9.13. The average molecular weight is 272 g/mol. The maximum absolute atomic E-state index is 12.0. The minimum atomic E-state index is -3.60. The summed E-state index contributed by atoms with van der Waals surface area (Å²) in [6, 6.07) is 15.2. The Labute approximate surface area is 112 Å². The van der Waals surface area contributed by atoms with Crippen molar-refractivity contribution in [1.29, 1.82) is 0 Å². The van der Waals surface area contributed by atoms with Crippen molar-refractivity contribution >= 4 is 9.84 Å². The molecule has 0 aliphatic heterocycles. The summed E-state index contributed by atoms with van der Waals surface area (Å²) in [5.74, 6) is 3.19. The average Bonchev–Trinajstić information content (AvgIpc) is 2.46. The van der Waals surface area contributed by atoms with Gasteiger partial charge in [0.2, 0.25) is 9.84 Å². The Bertz CT molecular complexity index is 723. The number of ether oxygens (including phenoxy) is 1. The van der Waals surface area contributed by atoms with Gasteiger partial charge in [0.05, 0.1) is 17.6 Å². The zero-order valence-corrected chi connectivity index (χ0v) is 11.1. The Morgan fingerprint density at radius 3 is 2.26 bits per heavy atom. The molecule has 0 fully saturated rings. The molecule has 0 aliphatic rings. The minimum Gasteiger partial charge on any atom is -0.495 e. The van der Waals surface area contributed by atoms with E-state index in [0.717, 1.165) is 0 Å². The van der Waals surface area contributed by atoms with Crippen molar-refractivity contribution in [2.45, 2.75) is 4.90 Å². The fourth-order valence-corrected chi connectivity index (χ4v) is 2.41. The molecule has 2 rings (SSSR count). The number of hydrogen-bond donors (Lipinski definition) is 0. The third-order valence-electron chi connectivity index (χ3n) is 2.48. The van der Waals surface area contributed by atoms with Gasteiger partial charge in [-0.25, -0.2) is 8.42 Å².